The Bertz CT molecular complexity index is 459. The number of aliphatic hydroxyl groups excluding tert-OH is 1. The van der Waals surface area contributed by atoms with Crippen molar-refractivity contribution in [2.45, 2.75) is 20.3 Å². The van der Waals surface area contributed by atoms with Crippen LogP contribution in [0.15, 0.2) is 18.2 Å². The van der Waals surface area contributed by atoms with E-state index in [1.165, 1.54) is 0 Å². The van der Waals surface area contributed by atoms with Crippen molar-refractivity contribution in [3.8, 4) is 5.75 Å². The molecule has 1 unspecified atom stereocenters. The first-order valence-electron chi connectivity index (χ1n) is 6.69. The summed E-state index contributed by atoms with van der Waals surface area (Å²) in [6, 6.07) is 6.10. The summed E-state index contributed by atoms with van der Waals surface area (Å²) in [6.45, 7) is 5.85. The smallest absolute Gasteiger partial charge is 0.223 e. The van der Waals surface area contributed by atoms with Crippen LogP contribution in [0.4, 0.5) is 0 Å². The standard InChI is InChI=1S/C15H21NO3/c1-11-3-4-12(2)14(7-11)19-6-5-16-9-13(10-17)8-15(16)18/h3-4,7,13,17H,5-6,8-10H2,1-2H3. The van der Waals surface area contributed by atoms with Gasteiger partial charge in [-0.15, -0.1) is 0 Å². The lowest BCUT2D eigenvalue weighted by Gasteiger charge is -2.17. The van der Waals surface area contributed by atoms with Crippen molar-refractivity contribution >= 4 is 5.91 Å². The van der Waals surface area contributed by atoms with Crippen molar-refractivity contribution in [2.24, 2.45) is 5.92 Å². The van der Waals surface area contributed by atoms with E-state index >= 15 is 0 Å². The Hall–Kier alpha value is -1.55. The number of aliphatic hydroxyl groups is 1. The molecular weight excluding hydrogens is 242 g/mol. The molecule has 4 nitrogen and oxygen atoms in total. The van der Waals surface area contributed by atoms with Crippen molar-refractivity contribution in [1.82, 2.24) is 4.90 Å². The predicted octanol–water partition coefficient (Wildman–Crippen LogP) is 1.52. The van der Waals surface area contributed by atoms with E-state index in [9.17, 15) is 4.79 Å². The molecule has 1 aliphatic rings. The first-order valence-corrected chi connectivity index (χ1v) is 6.69. The Morgan fingerprint density at radius 1 is 1.42 bits per heavy atom. The topological polar surface area (TPSA) is 49.8 Å². The van der Waals surface area contributed by atoms with Gasteiger partial charge in [0.2, 0.25) is 5.91 Å². The van der Waals surface area contributed by atoms with E-state index in [4.69, 9.17) is 9.84 Å². The molecule has 4 heteroatoms. The summed E-state index contributed by atoms with van der Waals surface area (Å²) in [7, 11) is 0. The summed E-state index contributed by atoms with van der Waals surface area (Å²) in [5, 5.41) is 9.06. The number of hydrogen-bond acceptors (Lipinski definition) is 3. The van der Waals surface area contributed by atoms with Gasteiger partial charge in [-0.2, -0.15) is 0 Å². The molecule has 1 atom stereocenters. The highest BCUT2D eigenvalue weighted by Gasteiger charge is 2.28. The van der Waals surface area contributed by atoms with Gasteiger partial charge in [-0.3, -0.25) is 4.79 Å². The molecule has 1 fully saturated rings. The maximum atomic E-state index is 11.7. The maximum absolute atomic E-state index is 11.7. The molecule has 2 rings (SSSR count). The number of hydrogen-bond donors (Lipinski definition) is 1. The quantitative estimate of drug-likeness (QED) is 0.876. The van der Waals surface area contributed by atoms with Crippen LogP contribution in [0, 0.1) is 19.8 Å². The number of benzene rings is 1. The number of rotatable bonds is 5. The molecule has 0 aromatic heterocycles. The molecule has 1 aliphatic heterocycles. The van der Waals surface area contributed by atoms with Crippen LogP contribution in [-0.4, -0.2) is 42.2 Å². The third-order valence-electron chi connectivity index (χ3n) is 3.52. The van der Waals surface area contributed by atoms with Crippen LogP contribution in [0.2, 0.25) is 0 Å². The van der Waals surface area contributed by atoms with Crippen LogP contribution in [0.3, 0.4) is 0 Å². The van der Waals surface area contributed by atoms with Gasteiger partial charge in [0, 0.05) is 25.5 Å². The lowest BCUT2D eigenvalue weighted by atomic mass is 10.1. The molecule has 1 saturated heterocycles. The summed E-state index contributed by atoms with van der Waals surface area (Å²) in [6.07, 6.45) is 0.458. The zero-order chi connectivity index (χ0) is 13.8. The molecule has 0 aliphatic carbocycles. The van der Waals surface area contributed by atoms with Gasteiger partial charge >= 0.3 is 0 Å². The van der Waals surface area contributed by atoms with Gasteiger partial charge < -0.3 is 14.7 Å². The van der Waals surface area contributed by atoms with E-state index in [0.717, 1.165) is 16.9 Å². The SMILES string of the molecule is Cc1ccc(C)c(OCCN2CC(CO)CC2=O)c1. The molecule has 104 valence electrons. The fourth-order valence-corrected chi connectivity index (χ4v) is 2.32. The van der Waals surface area contributed by atoms with E-state index in [-0.39, 0.29) is 18.4 Å². The molecule has 0 spiro atoms. The average Bonchev–Trinajstić information content (AvgIpc) is 2.75. The van der Waals surface area contributed by atoms with Crippen molar-refractivity contribution in [3.63, 3.8) is 0 Å². The van der Waals surface area contributed by atoms with Crippen LogP contribution < -0.4 is 4.74 Å². The third-order valence-corrected chi connectivity index (χ3v) is 3.52. The average molecular weight is 263 g/mol. The third kappa shape index (κ3) is 3.47. The van der Waals surface area contributed by atoms with Gasteiger partial charge in [-0.25, -0.2) is 0 Å². The van der Waals surface area contributed by atoms with Crippen molar-refractivity contribution in [3.05, 3.63) is 29.3 Å². The fourth-order valence-electron chi connectivity index (χ4n) is 2.32. The Morgan fingerprint density at radius 2 is 2.21 bits per heavy atom. The number of amides is 1. The molecule has 1 amide bonds. The van der Waals surface area contributed by atoms with Gasteiger partial charge in [-0.1, -0.05) is 12.1 Å². The summed E-state index contributed by atoms with van der Waals surface area (Å²) in [5.74, 6) is 1.09. The van der Waals surface area contributed by atoms with Crippen LogP contribution in [-0.2, 0) is 4.79 Å². The Kier molecular flexibility index (Phi) is 4.43. The van der Waals surface area contributed by atoms with Gasteiger partial charge in [0.15, 0.2) is 0 Å². The summed E-state index contributed by atoms with van der Waals surface area (Å²) in [5.41, 5.74) is 2.27. The van der Waals surface area contributed by atoms with Gasteiger partial charge in [0.25, 0.3) is 0 Å². The zero-order valence-corrected chi connectivity index (χ0v) is 11.6. The van der Waals surface area contributed by atoms with Crippen LogP contribution >= 0.6 is 0 Å². The van der Waals surface area contributed by atoms with E-state index in [1.54, 1.807) is 4.90 Å². The van der Waals surface area contributed by atoms with Crippen LogP contribution in [0.1, 0.15) is 17.5 Å². The second-order valence-corrected chi connectivity index (χ2v) is 5.21. The number of aryl methyl sites for hydroxylation is 2. The highest BCUT2D eigenvalue weighted by atomic mass is 16.5. The minimum atomic E-state index is 0.0834. The summed E-state index contributed by atoms with van der Waals surface area (Å²) >= 11 is 0. The second-order valence-electron chi connectivity index (χ2n) is 5.21. The minimum Gasteiger partial charge on any atom is -0.491 e. The van der Waals surface area contributed by atoms with Crippen molar-refractivity contribution < 1.29 is 14.6 Å². The normalized spacial score (nSPS) is 19.0. The molecule has 1 aromatic rings. The summed E-state index contributed by atoms with van der Waals surface area (Å²) < 4.78 is 5.74. The second kappa shape index (κ2) is 6.06. The number of likely N-dealkylation sites (tertiary alicyclic amines) is 1. The Labute approximate surface area is 114 Å². The molecule has 0 bridgehead atoms. The molecular formula is C15H21NO3. The van der Waals surface area contributed by atoms with Crippen LogP contribution in [0.25, 0.3) is 0 Å². The van der Waals surface area contributed by atoms with Crippen LogP contribution in [0.5, 0.6) is 5.75 Å². The number of carbonyl (C=O) groups is 1. The Balaban J connectivity index is 1.84. The highest BCUT2D eigenvalue weighted by Crippen LogP contribution is 2.20. The first-order chi connectivity index (χ1) is 9.10. The van der Waals surface area contributed by atoms with Crippen molar-refractivity contribution in [2.75, 3.05) is 26.3 Å². The first kappa shape index (κ1) is 13.9. The largest absolute Gasteiger partial charge is 0.491 e. The highest BCUT2D eigenvalue weighted by molar-refractivity contribution is 5.78. The molecule has 1 aromatic carbocycles. The van der Waals surface area contributed by atoms with Crippen molar-refractivity contribution in [1.29, 1.82) is 0 Å². The molecule has 0 saturated carbocycles. The van der Waals surface area contributed by atoms with E-state index in [1.807, 2.05) is 26.0 Å². The van der Waals surface area contributed by atoms with Gasteiger partial charge in [-0.05, 0) is 31.0 Å². The zero-order valence-electron chi connectivity index (χ0n) is 11.6. The van der Waals surface area contributed by atoms with E-state index in [2.05, 4.69) is 6.07 Å². The molecule has 19 heavy (non-hydrogen) atoms. The fraction of sp³-hybridized carbons (Fsp3) is 0.533. The Morgan fingerprint density at radius 3 is 2.89 bits per heavy atom. The van der Waals surface area contributed by atoms with E-state index < -0.39 is 0 Å². The number of ether oxygens (including phenoxy) is 1. The predicted molar refractivity (Wildman–Crippen MR) is 73.2 cm³/mol. The molecule has 0 radical (unpaired) electrons. The number of nitrogens with zero attached hydrogens (tertiary/aromatic N) is 1. The lowest BCUT2D eigenvalue weighted by Crippen LogP contribution is -2.30. The molecule has 1 heterocycles. The van der Waals surface area contributed by atoms with E-state index in [0.29, 0.717) is 26.1 Å². The number of carbonyl (C=O) groups excluding carboxylic acids is 1. The minimum absolute atomic E-state index is 0.0834. The lowest BCUT2D eigenvalue weighted by molar-refractivity contribution is -0.128. The van der Waals surface area contributed by atoms with Gasteiger partial charge in [0.1, 0.15) is 12.4 Å². The maximum Gasteiger partial charge on any atom is 0.223 e. The van der Waals surface area contributed by atoms with Gasteiger partial charge in [0.05, 0.1) is 6.54 Å². The summed E-state index contributed by atoms with van der Waals surface area (Å²) in [4.78, 5) is 13.4. The molecule has 1 N–H and O–H groups in total. The monoisotopic (exact) mass is 263 g/mol.